The lowest BCUT2D eigenvalue weighted by atomic mass is 9.59. The van der Waals surface area contributed by atoms with Crippen LogP contribution >= 0.6 is 0 Å². The maximum absolute atomic E-state index is 2.80. The summed E-state index contributed by atoms with van der Waals surface area (Å²) in [5.74, 6) is 0. The molecule has 114 heavy (non-hydrogen) atoms. The smallest absolute Gasteiger partial charge is 0.0544 e. The van der Waals surface area contributed by atoms with E-state index in [0.29, 0.717) is 0 Å². The Balaban J connectivity index is 0.932. The standard InChI is InChI=1S/C111H129N3/c1-97(2,3)64-46-76-91-82(52-64)109(31,32)83-53-65(98(4,5)6)47-77-92(83)112(91)88-70(103(76,19)20)40-61(41-71(88)104(77,21)22)58-37-59(62-42-72-89-73(43-62)106(25,26)79-49-67(100(10,11)12)55-85-94(79)113(89)93-78(105(72,23)24)48-66(99(7,8)9)54-84(93)110(85,33)34)39-60(38-58)63-44-74-90-75(45-63)108(29,30)81-51-69(102(16,17)18)57-87-96(81)114(90)95-80(107(74,27)28)50-68(101(13,14)15)56-86(95)111(87,35)36/h37-57H,1-36H3. The van der Waals surface area contributed by atoms with Gasteiger partial charge in [0.1, 0.15) is 0 Å². The van der Waals surface area contributed by atoms with Gasteiger partial charge in [-0.15, -0.1) is 0 Å². The van der Waals surface area contributed by atoms with E-state index in [-0.39, 0.29) is 81.2 Å². The van der Waals surface area contributed by atoms with Crippen molar-refractivity contribution in [3.8, 4) is 33.4 Å². The Bertz CT molecular complexity index is 5190. The van der Waals surface area contributed by atoms with Gasteiger partial charge in [0, 0.05) is 48.7 Å². The lowest BCUT2D eigenvalue weighted by molar-refractivity contribution is 0.541. The van der Waals surface area contributed by atoms with Crippen molar-refractivity contribution in [3.05, 3.63) is 261 Å². The van der Waals surface area contributed by atoms with Gasteiger partial charge in [-0.05, 0) is 254 Å². The molecule has 0 saturated carbocycles. The molecule has 0 atom stereocenters. The van der Waals surface area contributed by atoms with Gasteiger partial charge in [0.25, 0.3) is 0 Å². The minimum absolute atomic E-state index is 0.0776. The molecule has 0 amide bonds. The predicted octanol–water partition coefficient (Wildman–Crippen LogP) is 30.6. The molecule has 0 aliphatic carbocycles. The molecule has 3 heteroatoms. The average molecular weight is 1510 g/mol. The van der Waals surface area contributed by atoms with E-state index in [1.165, 1.54) is 218 Å². The van der Waals surface area contributed by atoms with Gasteiger partial charge < -0.3 is 14.7 Å². The van der Waals surface area contributed by atoms with Gasteiger partial charge in [-0.25, -0.2) is 0 Å². The first-order chi connectivity index (χ1) is 52.1. The molecule has 0 spiro atoms. The number of hydrogen-bond donors (Lipinski definition) is 0. The number of hydrogen-bond acceptors (Lipinski definition) is 3. The first kappa shape index (κ1) is 75.6. The topological polar surface area (TPSA) is 9.72 Å². The predicted molar refractivity (Wildman–Crippen MR) is 488 cm³/mol. The first-order valence-electron chi connectivity index (χ1n) is 43.4. The molecule has 0 N–H and O–H groups in total. The Morgan fingerprint density at radius 2 is 0.228 bits per heavy atom. The monoisotopic (exact) mass is 1500 g/mol. The van der Waals surface area contributed by atoms with E-state index >= 15 is 0 Å². The zero-order chi connectivity index (χ0) is 82.6. The second kappa shape index (κ2) is 21.5. The summed E-state index contributed by atoms with van der Waals surface area (Å²) in [5.41, 5.74) is 50.5. The molecule has 0 fully saturated rings. The highest BCUT2D eigenvalue weighted by molar-refractivity contribution is 6.04. The van der Waals surface area contributed by atoms with Crippen LogP contribution in [0.1, 0.15) is 383 Å². The van der Waals surface area contributed by atoms with Gasteiger partial charge >= 0.3 is 0 Å². The maximum Gasteiger partial charge on any atom is 0.0544 e. The third-order valence-electron chi connectivity index (χ3n) is 31.3. The molecule has 9 aliphatic rings. The second-order valence-corrected chi connectivity index (χ2v) is 48.2. The fourth-order valence-electron chi connectivity index (χ4n) is 23.0. The lowest BCUT2D eigenvalue weighted by Crippen LogP contribution is -2.44. The summed E-state index contributed by atoms with van der Waals surface area (Å²) in [6.07, 6.45) is 0. The minimum Gasteiger partial charge on any atom is -0.309 e. The van der Waals surface area contributed by atoms with E-state index in [2.05, 4.69) is 391 Å². The molecule has 3 nitrogen and oxygen atoms in total. The van der Waals surface area contributed by atoms with Crippen molar-refractivity contribution in [2.24, 2.45) is 0 Å². The molecule has 588 valence electrons. The Labute approximate surface area is 686 Å². The molecule has 0 aromatic heterocycles. The van der Waals surface area contributed by atoms with Crippen LogP contribution in [0.4, 0.5) is 51.2 Å². The van der Waals surface area contributed by atoms with E-state index in [0.717, 1.165) is 0 Å². The highest BCUT2D eigenvalue weighted by atomic mass is 15.2. The van der Waals surface area contributed by atoms with Crippen LogP contribution in [0, 0.1) is 0 Å². The van der Waals surface area contributed by atoms with Crippen molar-refractivity contribution >= 4 is 51.2 Å². The van der Waals surface area contributed by atoms with Crippen LogP contribution < -0.4 is 14.7 Å². The number of nitrogens with zero attached hydrogens (tertiary/aromatic N) is 3. The molecule has 10 aromatic carbocycles. The molecule has 10 aromatic rings. The van der Waals surface area contributed by atoms with Gasteiger partial charge in [-0.1, -0.05) is 322 Å². The van der Waals surface area contributed by atoms with E-state index in [1.54, 1.807) is 0 Å². The zero-order valence-corrected chi connectivity index (χ0v) is 76.5. The van der Waals surface area contributed by atoms with Crippen LogP contribution in [0.15, 0.2) is 127 Å². The summed E-state index contributed by atoms with van der Waals surface area (Å²) in [7, 11) is 0. The molecule has 0 bridgehead atoms. The van der Waals surface area contributed by atoms with Crippen molar-refractivity contribution in [1.82, 2.24) is 0 Å². The Morgan fingerprint density at radius 3 is 0.325 bits per heavy atom. The van der Waals surface area contributed by atoms with Crippen molar-refractivity contribution in [2.45, 2.75) is 330 Å². The third-order valence-corrected chi connectivity index (χ3v) is 31.3. The Hall–Kier alpha value is -8.40. The van der Waals surface area contributed by atoms with Gasteiger partial charge in [0.15, 0.2) is 0 Å². The van der Waals surface area contributed by atoms with Crippen molar-refractivity contribution in [3.63, 3.8) is 0 Å². The highest BCUT2D eigenvalue weighted by Crippen LogP contribution is 2.73. The van der Waals surface area contributed by atoms with Crippen molar-refractivity contribution < 1.29 is 0 Å². The quantitative estimate of drug-likeness (QED) is 0.175. The van der Waals surface area contributed by atoms with E-state index in [9.17, 15) is 0 Å². The molecule has 0 unspecified atom stereocenters. The average Bonchev–Trinajstić information content (AvgIpc) is 0.671. The fourth-order valence-corrected chi connectivity index (χ4v) is 23.0. The van der Waals surface area contributed by atoms with Crippen molar-refractivity contribution in [1.29, 1.82) is 0 Å². The zero-order valence-electron chi connectivity index (χ0n) is 76.5. The van der Waals surface area contributed by atoms with Crippen LogP contribution in [-0.4, -0.2) is 0 Å². The van der Waals surface area contributed by atoms with E-state index < -0.39 is 0 Å². The van der Waals surface area contributed by atoms with Crippen LogP contribution in [0.5, 0.6) is 0 Å². The summed E-state index contributed by atoms with van der Waals surface area (Å²) in [4.78, 5) is 8.41. The SMILES string of the molecule is CC(C)(C)c1cc2c3c(c1)C(C)(C)c1cc(C(C)(C)C)cc4c1N3c1c(cc(-c3cc(-c5cc6c7c(c5)C(C)(C)c5cc(C(C)(C)C)cc8c5N7c5c(cc(C(C)(C)C)cc5C8(C)C)C6(C)C)cc(-c5cc6c7c(c5)C(C)(C)c5cc(C(C)(C)C)cc8c5N7c5c(cc(C(C)(C)C)cc5C8(C)C)C6(C)C)c3)cc1C4(C)C)C2(C)C. The van der Waals surface area contributed by atoms with Crippen molar-refractivity contribution in [2.75, 3.05) is 14.7 Å². The molecule has 19 rings (SSSR count). The largest absolute Gasteiger partial charge is 0.309 e. The molecular weight excluding hydrogens is 1380 g/mol. The van der Waals surface area contributed by atoms with Gasteiger partial charge in [0.2, 0.25) is 0 Å². The molecular formula is C111H129N3. The Kier molecular flexibility index (Phi) is 14.3. The summed E-state index contributed by atoms with van der Waals surface area (Å²) >= 11 is 0. The second-order valence-electron chi connectivity index (χ2n) is 48.2. The summed E-state index contributed by atoms with van der Waals surface area (Å²) < 4.78 is 0. The van der Waals surface area contributed by atoms with Crippen LogP contribution in [0.25, 0.3) is 33.4 Å². The minimum atomic E-state index is -0.378. The first-order valence-corrected chi connectivity index (χ1v) is 43.4. The molecule has 0 saturated heterocycles. The van der Waals surface area contributed by atoms with Gasteiger partial charge in [-0.3, -0.25) is 0 Å². The molecule has 9 heterocycles. The molecule has 9 aliphatic heterocycles. The highest BCUT2D eigenvalue weighted by Gasteiger charge is 2.58. The van der Waals surface area contributed by atoms with Crippen LogP contribution in [0.3, 0.4) is 0 Å². The summed E-state index contributed by atoms with van der Waals surface area (Å²) in [5, 5.41) is 0. The summed E-state index contributed by atoms with van der Waals surface area (Å²) in [6.45, 7) is 89.4. The fraction of sp³-hybridized carbons (Fsp3) is 0.459. The number of benzene rings is 10. The van der Waals surface area contributed by atoms with E-state index in [4.69, 9.17) is 0 Å². The normalized spacial score (nSPS) is 19.6. The van der Waals surface area contributed by atoms with E-state index in [1.807, 2.05) is 0 Å². The third kappa shape index (κ3) is 9.46. The summed E-state index contributed by atoms with van der Waals surface area (Å²) in [6, 6.07) is 55.4. The molecule has 0 radical (unpaired) electrons. The van der Waals surface area contributed by atoms with Crippen LogP contribution in [-0.2, 0) is 81.2 Å². The van der Waals surface area contributed by atoms with Gasteiger partial charge in [-0.2, -0.15) is 0 Å². The van der Waals surface area contributed by atoms with Gasteiger partial charge in [0.05, 0.1) is 51.2 Å². The lowest BCUT2D eigenvalue weighted by Gasteiger charge is -2.56. The van der Waals surface area contributed by atoms with Crippen LogP contribution in [0.2, 0.25) is 0 Å². The number of rotatable bonds is 3. The maximum atomic E-state index is 2.80. The number of anilines is 9. The Morgan fingerprint density at radius 1 is 0.140 bits per heavy atom.